The van der Waals surface area contributed by atoms with Gasteiger partial charge in [-0.2, -0.15) is 5.10 Å². The van der Waals surface area contributed by atoms with Crippen molar-refractivity contribution in [2.75, 3.05) is 11.9 Å². The number of hydrogen-bond acceptors (Lipinski definition) is 5. The summed E-state index contributed by atoms with van der Waals surface area (Å²) in [4.78, 5) is 12.6. The first-order valence-corrected chi connectivity index (χ1v) is 11.1. The summed E-state index contributed by atoms with van der Waals surface area (Å²) in [6.45, 7) is 1.67. The number of aromatic nitrogens is 2. The largest absolute Gasteiger partial charge is 0.483 e. The zero-order valence-electron chi connectivity index (χ0n) is 15.6. The van der Waals surface area contributed by atoms with E-state index in [0.29, 0.717) is 33.5 Å². The van der Waals surface area contributed by atoms with Gasteiger partial charge < -0.3 is 10.1 Å². The van der Waals surface area contributed by atoms with Gasteiger partial charge in [-0.3, -0.25) is 4.79 Å². The first-order chi connectivity index (χ1) is 13.8. The molecule has 150 valence electrons. The Morgan fingerprint density at radius 2 is 2.00 bits per heavy atom. The molecule has 29 heavy (non-hydrogen) atoms. The maximum atomic E-state index is 12.6. The molecule has 4 rings (SSSR count). The number of aryl methyl sites for hydroxylation is 1. The number of nitrogens with zero attached hydrogens (tertiary/aromatic N) is 2. The van der Waals surface area contributed by atoms with E-state index in [0.717, 1.165) is 5.56 Å². The van der Waals surface area contributed by atoms with Gasteiger partial charge in [0.25, 0.3) is 5.91 Å². The molecular formula is C20H18ClN3O4S. The van der Waals surface area contributed by atoms with Crippen LogP contribution in [0.1, 0.15) is 16.8 Å². The second-order valence-electron chi connectivity index (χ2n) is 6.80. The van der Waals surface area contributed by atoms with Crippen molar-refractivity contribution in [1.82, 2.24) is 9.78 Å². The lowest BCUT2D eigenvalue weighted by molar-refractivity contribution is -0.118. The topological polar surface area (TPSA) is 90.3 Å². The Bertz CT molecular complexity index is 1200. The van der Waals surface area contributed by atoms with Crippen LogP contribution in [0.25, 0.3) is 5.69 Å². The zero-order valence-corrected chi connectivity index (χ0v) is 17.1. The van der Waals surface area contributed by atoms with Gasteiger partial charge in [0.1, 0.15) is 11.6 Å². The molecule has 1 aliphatic heterocycles. The molecular weight excluding hydrogens is 414 g/mol. The van der Waals surface area contributed by atoms with Crippen LogP contribution in [0.15, 0.2) is 48.5 Å². The van der Waals surface area contributed by atoms with Gasteiger partial charge in [0.2, 0.25) is 0 Å². The van der Waals surface area contributed by atoms with Gasteiger partial charge in [0.15, 0.2) is 16.4 Å². The summed E-state index contributed by atoms with van der Waals surface area (Å²) in [6, 6.07) is 14.3. The molecule has 0 aliphatic carbocycles. The number of halogens is 1. The molecule has 0 bridgehead atoms. The molecule has 0 saturated carbocycles. The van der Waals surface area contributed by atoms with E-state index in [1.165, 1.54) is 4.68 Å². The van der Waals surface area contributed by atoms with Crippen LogP contribution in [-0.2, 0) is 26.1 Å². The number of anilines is 1. The fourth-order valence-corrected chi connectivity index (χ4v) is 4.87. The van der Waals surface area contributed by atoms with E-state index in [9.17, 15) is 13.2 Å². The molecule has 1 amide bonds. The number of carbonyl (C=O) groups is 1. The second-order valence-corrected chi connectivity index (χ2v) is 9.30. The number of amides is 1. The third-order valence-corrected chi connectivity index (χ3v) is 6.23. The van der Waals surface area contributed by atoms with Crippen LogP contribution >= 0.6 is 11.6 Å². The van der Waals surface area contributed by atoms with Crippen molar-refractivity contribution < 1.29 is 17.9 Å². The molecule has 0 saturated heterocycles. The highest BCUT2D eigenvalue weighted by Gasteiger charge is 2.33. The SMILES string of the molecule is Cc1ccccc1OCC(=O)Nc1c2c(nn1-c1cccc(Cl)c1)CS(=O)(=O)C2. The minimum atomic E-state index is -3.27. The third kappa shape index (κ3) is 4.13. The normalized spacial score (nSPS) is 14.4. The molecule has 3 aromatic rings. The summed E-state index contributed by atoms with van der Waals surface area (Å²) in [6.07, 6.45) is 0. The van der Waals surface area contributed by atoms with E-state index in [2.05, 4.69) is 10.4 Å². The number of hydrogen-bond donors (Lipinski definition) is 1. The molecule has 0 radical (unpaired) electrons. The fraction of sp³-hybridized carbons (Fsp3) is 0.200. The Balaban J connectivity index is 1.62. The number of rotatable bonds is 5. The van der Waals surface area contributed by atoms with E-state index >= 15 is 0 Å². The van der Waals surface area contributed by atoms with Gasteiger partial charge in [-0.05, 0) is 36.8 Å². The van der Waals surface area contributed by atoms with Crippen molar-refractivity contribution >= 4 is 33.2 Å². The number of fused-ring (bicyclic) bond motifs is 1. The lowest BCUT2D eigenvalue weighted by atomic mass is 10.2. The van der Waals surface area contributed by atoms with E-state index < -0.39 is 15.7 Å². The van der Waals surface area contributed by atoms with Crippen molar-refractivity contribution in [1.29, 1.82) is 0 Å². The Labute approximate surface area is 173 Å². The minimum Gasteiger partial charge on any atom is -0.483 e. The maximum Gasteiger partial charge on any atom is 0.263 e. The summed E-state index contributed by atoms with van der Waals surface area (Å²) in [7, 11) is -3.27. The molecule has 9 heteroatoms. The molecule has 7 nitrogen and oxygen atoms in total. The predicted molar refractivity (Wildman–Crippen MR) is 110 cm³/mol. The van der Waals surface area contributed by atoms with E-state index in [4.69, 9.17) is 16.3 Å². The van der Waals surface area contributed by atoms with Crippen molar-refractivity contribution in [3.63, 3.8) is 0 Å². The average Bonchev–Trinajstić information content (AvgIpc) is 3.14. The number of benzene rings is 2. The third-order valence-electron chi connectivity index (χ3n) is 4.55. The molecule has 1 aromatic heterocycles. The van der Waals surface area contributed by atoms with Crippen LogP contribution in [0.5, 0.6) is 5.75 Å². The van der Waals surface area contributed by atoms with Gasteiger partial charge in [0.05, 0.1) is 22.9 Å². The van der Waals surface area contributed by atoms with Crippen LogP contribution in [0.2, 0.25) is 5.02 Å². The van der Waals surface area contributed by atoms with Crippen LogP contribution in [0, 0.1) is 6.92 Å². The number of para-hydroxylation sites is 1. The number of carbonyl (C=O) groups excluding carboxylic acids is 1. The Kier molecular flexibility index (Phi) is 5.06. The highest BCUT2D eigenvalue weighted by molar-refractivity contribution is 7.90. The highest BCUT2D eigenvalue weighted by Crippen LogP contribution is 2.33. The lowest BCUT2D eigenvalue weighted by Gasteiger charge is -2.12. The number of nitrogens with one attached hydrogen (secondary N) is 1. The van der Waals surface area contributed by atoms with Gasteiger partial charge in [-0.1, -0.05) is 35.9 Å². The molecule has 0 spiro atoms. The van der Waals surface area contributed by atoms with Crippen LogP contribution in [0.3, 0.4) is 0 Å². The van der Waals surface area contributed by atoms with E-state index in [-0.39, 0.29) is 18.1 Å². The van der Waals surface area contributed by atoms with Gasteiger partial charge >= 0.3 is 0 Å². The first kappa shape index (κ1) is 19.5. The first-order valence-electron chi connectivity index (χ1n) is 8.88. The smallest absolute Gasteiger partial charge is 0.263 e. The molecule has 0 atom stereocenters. The molecule has 1 aliphatic rings. The number of ether oxygens (including phenoxy) is 1. The van der Waals surface area contributed by atoms with Crippen molar-refractivity contribution in [2.24, 2.45) is 0 Å². The summed E-state index contributed by atoms with van der Waals surface area (Å²) >= 11 is 6.08. The monoisotopic (exact) mass is 431 g/mol. The highest BCUT2D eigenvalue weighted by atomic mass is 35.5. The average molecular weight is 432 g/mol. The quantitative estimate of drug-likeness (QED) is 0.669. The zero-order chi connectivity index (χ0) is 20.6. The maximum absolute atomic E-state index is 12.6. The van der Waals surface area contributed by atoms with Crippen LogP contribution in [-0.4, -0.2) is 30.7 Å². The summed E-state index contributed by atoms with van der Waals surface area (Å²) in [5.41, 5.74) is 2.46. The second kappa shape index (κ2) is 7.53. The van der Waals surface area contributed by atoms with Crippen molar-refractivity contribution in [3.05, 3.63) is 70.4 Å². The standard InChI is InChI=1S/C20H18ClN3O4S/c1-13-5-2-3-8-18(13)28-10-19(25)22-20-16-11-29(26,27)12-17(16)23-24(20)15-7-4-6-14(21)9-15/h2-9H,10-12H2,1H3,(H,22,25). The summed E-state index contributed by atoms with van der Waals surface area (Å²) in [5, 5.41) is 7.68. The summed E-state index contributed by atoms with van der Waals surface area (Å²) in [5.74, 6) is 0.194. The van der Waals surface area contributed by atoms with Gasteiger partial charge in [-0.15, -0.1) is 0 Å². The summed E-state index contributed by atoms with van der Waals surface area (Å²) < 4.78 is 31.2. The Morgan fingerprint density at radius 1 is 1.21 bits per heavy atom. The van der Waals surface area contributed by atoms with Crippen molar-refractivity contribution in [3.8, 4) is 11.4 Å². The van der Waals surface area contributed by atoms with E-state index in [1.807, 2.05) is 25.1 Å². The van der Waals surface area contributed by atoms with Gasteiger partial charge in [-0.25, -0.2) is 13.1 Å². The lowest BCUT2D eigenvalue weighted by Crippen LogP contribution is -2.23. The van der Waals surface area contributed by atoms with E-state index in [1.54, 1.807) is 30.3 Å². The Morgan fingerprint density at radius 3 is 2.76 bits per heavy atom. The molecule has 2 heterocycles. The minimum absolute atomic E-state index is 0.154. The molecule has 2 aromatic carbocycles. The number of sulfone groups is 1. The Hall–Kier alpha value is -2.84. The fourth-order valence-electron chi connectivity index (χ4n) is 3.20. The van der Waals surface area contributed by atoms with Gasteiger partial charge in [0, 0.05) is 10.6 Å². The van der Waals surface area contributed by atoms with Crippen LogP contribution in [0.4, 0.5) is 5.82 Å². The molecule has 0 unspecified atom stereocenters. The van der Waals surface area contributed by atoms with Crippen LogP contribution < -0.4 is 10.1 Å². The molecule has 0 fully saturated rings. The predicted octanol–water partition coefficient (Wildman–Crippen LogP) is 3.28. The van der Waals surface area contributed by atoms with Crippen molar-refractivity contribution in [2.45, 2.75) is 18.4 Å². The molecule has 1 N–H and O–H groups in total.